The molecule has 132 valence electrons. The number of benzene rings is 2. The van der Waals surface area contributed by atoms with E-state index in [1.54, 1.807) is 12.1 Å². The third kappa shape index (κ3) is 3.15. The van der Waals surface area contributed by atoms with Crippen LogP contribution < -0.4 is 14.4 Å². The Morgan fingerprint density at radius 3 is 2.72 bits per heavy atom. The predicted molar refractivity (Wildman–Crippen MR) is 92.3 cm³/mol. The van der Waals surface area contributed by atoms with Crippen LogP contribution in [0.1, 0.15) is 5.56 Å². The molecule has 3 rings (SSSR count). The number of nitrogens with zero attached hydrogens (tertiary/aromatic N) is 2. The van der Waals surface area contributed by atoms with Gasteiger partial charge >= 0.3 is 0 Å². The van der Waals surface area contributed by atoms with Crippen LogP contribution in [0.25, 0.3) is 0 Å². The first kappa shape index (κ1) is 17.2. The van der Waals surface area contributed by atoms with Gasteiger partial charge in [0.05, 0.1) is 17.7 Å². The molecule has 1 heterocycles. The van der Waals surface area contributed by atoms with Crippen molar-refractivity contribution in [2.75, 3.05) is 24.5 Å². The van der Waals surface area contributed by atoms with Crippen molar-refractivity contribution in [3.8, 4) is 5.75 Å². The van der Waals surface area contributed by atoms with Gasteiger partial charge in [0.25, 0.3) is 15.7 Å². The highest BCUT2D eigenvalue weighted by molar-refractivity contribution is 7.93. The molecule has 1 aliphatic heterocycles. The van der Waals surface area contributed by atoms with Gasteiger partial charge in [0.2, 0.25) is 0 Å². The van der Waals surface area contributed by atoms with Crippen molar-refractivity contribution < 1.29 is 18.1 Å². The zero-order chi connectivity index (χ0) is 18.0. The minimum absolute atomic E-state index is 0.0697. The summed E-state index contributed by atoms with van der Waals surface area (Å²) in [7, 11) is -2.70. The van der Waals surface area contributed by atoms with E-state index in [2.05, 4.69) is 5.32 Å². The number of nitro benzene ring substituents is 1. The fourth-order valence-electron chi connectivity index (χ4n) is 2.78. The van der Waals surface area contributed by atoms with Crippen molar-refractivity contribution >= 4 is 21.4 Å². The second-order valence-corrected chi connectivity index (χ2v) is 7.31. The average molecular weight is 363 g/mol. The number of fused-ring (bicyclic) bond motifs is 1. The van der Waals surface area contributed by atoms with Gasteiger partial charge < -0.3 is 10.1 Å². The molecule has 2 aromatic carbocycles. The van der Waals surface area contributed by atoms with Crippen LogP contribution in [0, 0.1) is 10.1 Å². The highest BCUT2D eigenvalue weighted by Gasteiger charge is 2.31. The number of rotatable bonds is 4. The number of non-ortho nitro benzene ring substituents is 1. The van der Waals surface area contributed by atoms with Gasteiger partial charge in [-0.05, 0) is 17.7 Å². The second kappa shape index (κ2) is 6.69. The maximum absolute atomic E-state index is 13.3. The van der Waals surface area contributed by atoms with Gasteiger partial charge in [-0.2, -0.15) is 0 Å². The van der Waals surface area contributed by atoms with Crippen molar-refractivity contribution in [1.29, 1.82) is 0 Å². The van der Waals surface area contributed by atoms with E-state index in [4.69, 9.17) is 4.74 Å². The molecule has 0 atom stereocenters. The monoisotopic (exact) mass is 363 g/mol. The lowest BCUT2D eigenvalue weighted by molar-refractivity contribution is -0.385. The summed E-state index contributed by atoms with van der Waals surface area (Å²) in [4.78, 5) is 10.2. The first-order valence-corrected chi connectivity index (χ1v) is 9.03. The highest BCUT2D eigenvalue weighted by Crippen LogP contribution is 2.34. The van der Waals surface area contributed by atoms with Crippen LogP contribution in [0.4, 0.5) is 11.4 Å². The molecule has 1 aliphatic rings. The molecule has 0 unspecified atom stereocenters. The lowest BCUT2D eigenvalue weighted by Gasteiger charge is -2.25. The number of hydrogen-bond acceptors (Lipinski definition) is 6. The van der Waals surface area contributed by atoms with Crippen molar-refractivity contribution in [3.63, 3.8) is 0 Å². The van der Waals surface area contributed by atoms with E-state index in [9.17, 15) is 18.5 Å². The van der Waals surface area contributed by atoms with E-state index < -0.39 is 14.9 Å². The molecular weight excluding hydrogens is 346 g/mol. The number of nitro groups is 1. The third-order valence-corrected chi connectivity index (χ3v) is 5.83. The maximum Gasteiger partial charge on any atom is 0.271 e. The summed E-state index contributed by atoms with van der Waals surface area (Å²) in [5, 5.41) is 14.2. The van der Waals surface area contributed by atoms with Gasteiger partial charge in [0, 0.05) is 31.8 Å². The smallest absolute Gasteiger partial charge is 0.271 e. The number of sulfonamides is 1. The summed E-state index contributed by atoms with van der Waals surface area (Å²) >= 11 is 0. The van der Waals surface area contributed by atoms with Gasteiger partial charge in [-0.15, -0.1) is 0 Å². The van der Waals surface area contributed by atoms with E-state index >= 15 is 0 Å². The molecule has 0 spiro atoms. The SMILES string of the molecule is COc1ccc([N+](=O)[O-])cc1S(=O)(=O)N1CCNCc2ccccc21. The molecule has 0 bridgehead atoms. The van der Waals surface area contributed by atoms with Gasteiger partial charge in [-0.1, -0.05) is 18.2 Å². The number of methoxy groups -OCH3 is 1. The summed E-state index contributed by atoms with van der Waals surface area (Å²) in [5.41, 5.74) is 1.09. The topological polar surface area (TPSA) is 102 Å². The zero-order valence-corrected chi connectivity index (χ0v) is 14.3. The Bertz CT molecular complexity index is 914. The molecule has 0 aromatic heterocycles. The van der Waals surface area contributed by atoms with Crippen LogP contribution in [-0.2, 0) is 16.6 Å². The Kier molecular flexibility index (Phi) is 4.60. The van der Waals surface area contributed by atoms with Crippen LogP contribution in [-0.4, -0.2) is 33.5 Å². The second-order valence-electron chi connectivity index (χ2n) is 5.47. The molecule has 1 N–H and O–H groups in total. The minimum Gasteiger partial charge on any atom is -0.495 e. The Morgan fingerprint density at radius 1 is 1.24 bits per heavy atom. The van der Waals surface area contributed by atoms with Crippen molar-refractivity contribution in [2.45, 2.75) is 11.4 Å². The molecule has 8 nitrogen and oxygen atoms in total. The van der Waals surface area contributed by atoms with E-state index in [1.807, 2.05) is 12.1 Å². The Labute approximate surface area is 145 Å². The van der Waals surface area contributed by atoms with Crippen LogP contribution >= 0.6 is 0 Å². The normalized spacial score (nSPS) is 14.5. The van der Waals surface area contributed by atoms with E-state index in [1.165, 1.54) is 23.5 Å². The molecule has 0 radical (unpaired) electrons. The highest BCUT2D eigenvalue weighted by atomic mass is 32.2. The molecule has 0 aliphatic carbocycles. The summed E-state index contributed by atoms with van der Waals surface area (Å²) in [6.45, 7) is 1.23. The van der Waals surface area contributed by atoms with Crippen LogP contribution in [0.3, 0.4) is 0 Å². The minimum atomic E-state index is -4.03. The van der Waals surface area contributed by atoms with E-state index in [-0.39, 0.29) is 22.9 Å². The lowest BCUT2D eigenvalue weighted by atomic mass is 10.2. The molecule has 0 fully saturated rings. The molecule has 2 aromatic rings. The quantitative estimate of drug-likeness (QED) is 0.658. The van der Waals surface area contributed by atoms with Crippen LogP contribution in [0.5, 0.6) is 5.75 Å². The van der Waals surface area contributed by atoms with Gasteiger partial charge in [0.1, 0.15) is 10.6 Å². The third-order valence-electron chi connectivity index (χ3n) is 3.99. The fourth-order valence-corrected chi connectivity index (χ4v) is 4.46. The Hall–Kier alpha value is -2.65. The number of anilines is 1. The predicted octanol–water partition coefficient (Wildman–Crippen LogP) is 1.90. The van der Waals surface area contributed by atoms with Crippen molar-refractivity contribution in [3.05, 3.63) is 58.1 Å². The van der Waals surface area contributed by atoms with Gasteiger partial charge in [0.15, 0.2) is 0 Å². The first-order chi connectivity index (χ1) is 11.9. The molecule has 0 saturated heterocycles. The summed E-state index contributed by atoms with van der Waals surface area (Å²) in [5.74, 6) is 0.0697. The van der Waals surface area contributed by atoms with E-state index in [0.29, 0.717) is 18.8 Å². The molecule has 9 heteroatoms. The van der Waals surface area contributed by atoms with Gasteiger partial charge in [-0.3, -0.25) is 14.4 Å². The molecule has 0 amide bonds. The van der Waals surface area contributed by atoms with E-state index in [0.717, 1.165) is 11.6 Å². The van der Waals surface area contributed by atoms with Gasteiger partial charge in [-0.25, -0.2) is 8.42 Å². The summed E-state index contributed by atoms with van der Waals surface area (Å²) in [6, 6.07) is 10.7. The number of hydrogen-bond donors (Lipinski definition) is 1. The number of para-hydroxylation sites is 1. The average Bonchev–Trinajstić information content (AvgIpc) is 2.84. The Balaban J connectivity index is 2.17. The summed E-state index contributed by atoms with van der Waals surface area (Å²) in [6.07, 6.45) is 0. The maximum atomic E-state index is 13.3. The van der Waals surface area contributed by atoms with Crippen LogP contribution in [0.2, 0.25) is 0 Å². The van der Waals surface area contributed by atoms with Crippen LogP contribution in [0.15, 0.2) is 47.4 Å². The summed E-state index contributed by atoms with van der Waals surface area (Å²) < 4.78 is 32.9. The largest absolute Gasteiger partial charge is 0.495 e. The lowest BCUT2D eigenvalue weighted by Crippen LogP contribution is -2.35. The Morgan fingerprint density at radius 2 is 2.00 bits per heavy atom. The molecule has 25 heavy (non-hydrogen) atoms. The first-order valence-electron chi connectivity index (χ1n) is 7.59. The fraction of sp³-hybridized carbons (Fsp3) is 0.250. The zero-order valence-electron chi connectivity index (χ0n) is 13.5. The standard InChI is InChI=1S/C16H17N3O5S/c1-24-15-7-6-13(19(20)21)10-16(15)25(22,23)18-9-8-17-11-12-4-2-3-5-14(12)18/h2-7,10,17H,8-9,11H2,1H3. The van der Waals surface area contributed by atoms with Crippen molar-refractivity contribution in [2.24, 2.45) is 0 Å². The van der Waals surface area contributed by atoms with Crippen molar-refractivity contribution in [1.82, 2.24) is 5.32 Å². The molecule has 0 saturated carbocycles. The number of ether oxygens (including phenoxy) is 1. The molecular formula is C16H17N3O5S. The number of nitrogens with one attached hydrogen (secondary N) is 1.